The number of benzene rings is 1. The van der Waals surface area contributed by atoms with Gasteiger partial charge in [0, 0.05) is 31.2 Å². The van der Waals surface area contributed by atoms with Crippen LogP contribution in [0, 0.1) is 5.92 Å². The number of nitrogens with zero attached hydrogens (tertiary/aromatic N) is 1. The summed E-state index contributed by atoms with van der Waals surface area (Å²) in [6, 6.07) is 5.97. The molecule has 0 atom stereocenters. The lowest BCUT2D eigenvalue weighted by Gasteiger charge is -2.32. The zero-order chi connectivity index (χ0) is 22.5. The van der Waals surface area contributed by atoms with Gasteiger partial charge < -0.3 is 25.4 Å². The monoisotopic (exact) mass is 443 g/mol. The number of hydrogen-bond acceptors (Lipinski definition) is 4. The number of fused-ring (bicyclic) bond motifs is 1. The van der Waals surface area contributed by atoms with Crippen molar-refractivity contribution in [1.29, 1.82) is 0 Å². The second-order valence-electron chi connectivity index (χ2n) is 9.36. The van der Waals surface area contributed by atoms with Crippen LogP contribution in [0.15, 0.2) is 18.2 Å². The molecule has 3 N–H and O–H groups in total. The first-order valence-corrected chi connectivity index (χ1v) is 11.8. The summed E-state index contributed by atoms with van der Waals surface area (Å²) in [5.41, 5.74) is 2.98. The molecule has 0 aromatic heterocycles. The fourth-order valence-electron chi connectivity index (χ4n) is 5.13. The molecule has 0 bridgehead atoms. The van der Waals surface area contributed by atoms with Gasteiger partial charge in [0.2, 0.25) is 0 Å². The Bertz CT molecular complexity index is 844. The van der Waals surface area contributed by atoms with E-state index in [1.165, 1.54) is 12.8 Å². The highest BCUT2D eigenvalue weighted by atomic mass is 16.6. The molecule has 1 heterocycles. The first kappa shape index (κ1) is 22.4. The molecule has 8 nitrogen and oxygen atoms in total. The van der Waals surface area contributed by atoms with Crippen LogP contribution in [0.25, 0.3) is 0 Å². The van der Waals surface area contributed by atoms with Gasteiger partial charge in [0.05, 0.1) is 0 Å². The Kier molecular flexibility index (Phi) is 7.17. The van der Waals surface area contributed by atoms with E-state index in [0.717, 1.165) is 61.8 Å². The summed E-state index contributed by atoms with van der Waals surface area (Å²) in [7, 11) is 0. The average Bonchev–Trinajstić information content (AvgIpc) is 3.27. The van der Waals surface area contributed by atoms with E-state index in [-0.39, 0.29) is 36.6 Å². The number of urea groups is 1. The summed E-state index contributed by atoms with van der Waals surface area (Å²) in [5.74, 6) is -0.572. The van der Waals surface area contributed by atoms with E-state index < -0.39 is 5.97 Å². The smallest absolute Gasteiger partial charge is 0.410 e. The van der Waals surface area contributed by atoms with Crippen molar-refractivity contribution in [2.24, 2.45) is 5.92 Å². The molecule has 2 aliphatic carbocycles. The van der Waals surface area contributed by atoms with Gasteiger partial charge in [-0.05, 0) is 74.1 Å². The number of carbonyl (C=O) groups excluding carboxylic acids is 2. The zero-order valence-corrected chi connectivity index (χ0v) is 18.5. The lowest BCUT2D eigenvalue weighted by molar-refractivity contribution is -0.138. The number of ether oxygens (including phenoxy) is 1. The molecule has 0 unspecified atom stereocenters. The highest BCUT2D eigenvalue weighted by molar-refractivity contribution is 5.89. The molecular weight excluding hydrogens is 410 g/mol. The van der Waals surface area contributed by atoms with Gasteiger partial charge in [0.15, 0.2) is 0 Å². The third kappa shape index (κ3) is 5.93. The Balaban J connectivity index is 1.25. The summed E-state index contributed by atoms with van der Waals surface area (Å²) in [6.45, 7) is 1.08. The maximum atomic E-state index is 12.7. The Morgan fingerprint density at radius 1 is 1.03 bits per heavy atom. The van der Waals surface area contributed by atoms with Gasteiger partial charge in [-0.25, -0.2) is 9.59 Å². The highest BCUT2D eigenvalue weighted by Crippen LogP contribution is 2.30. The van der Waals surface area contributed by atoms with Gasteiger partial charge in [-0.1, -0.05) is 18.9 Å². The molecule has 0 saturated heterocycles. The van der Waals surface area contributed by atoms with E-state index in [1.54, 1.807) is 4.90 Å². The molecule has 3 aliphatic rings. The van der Waals surface area contributed by atoms with Gasteiger partial charge in [-0.3, -0.25) is 4.79 Å². The van der Waals surface area contributed by atoms with Crippen LogP contribution < -0.4 is 10.6 Å². The van der Waals surface area contributed by atoms with Crippen LogP contribution in [0.4, 0.5) is 15.3 Å². The Morgan fingerprint density at radius 3 is 2.50 bits per heavy atom. The highest BCUT2D eigenvalue weighted by Gasteiger charge is 2.28. The molecule has 1 aromatic carbocycles. The van der Waals surface area contributed by atoms with Gasteiger partial charge >= 0.3 is 18.1 Å². The van der Waals surface area contributed by atoms with E-state index in [2.05, 4.69) is 10.6 Å². The second kappa shape index (κ2) is 10.2. The number of carboxylic acid groups (broad SMARTS) is 1. The van der Waals surface area contributed by atoms with E-state index in [1.807, 2.05) is 18.2 Å². The van der Waals surface area contributed by atoms with Crippen molar-refractivity contribution < 1.29 is 24.2 Å². The number of anilines is 1. The van der Waals surface area contributed by atoms with Crippen molar-refractivity contribution >= 4 is 23.8 Å². The van der Waals surface area contributed by atoms with Crippen LogP contribution in [0.5, 0.6) is 0 Å². The number of rotatable bonds is 5. The second-order valence-corrected chi connectivity index (χ2v) is 9.36. The number of carboxylic acids is 1. The molecule has 2 saturated carbocycles. The molecule has 3 amide bonds. The molecule has 1 aromatic rings. The molecular formula is C24H33N3O5. The first-order chi connectivity index (χ1) is 15.5. The lowest BCUT2D eigenvalue weighted by Crippen LogP contribution is -2.39. The van der Waals surface area contributed by atoms with Crippen LogP contribution in [-0.2, 0) is 22.5 Å². The van der Waals surface area contributed by atoms with Gasteiger partial charge in [-0.2, -0.15) is 0 Å². The van der Waals surface area contributed by atoms with E-state index in [4.69, 9.17) is 9.84 Å². The minimum atomic E-state index is -0.759. The minimum absolute atomic E-state index is 0.126. The summed E-state index contributed by atoms with van der Waals surface area (Å²) in [4.78, 5) is 37.5. The maximum Gasteiger partial charge on any atom is 0.410 e. The van der Waals surface area contributed by atoms with E-state index in [0.29, 0.717) is 13.1 Å². The van der Waals surface area contributed by atoms with Crippen molar-refractivity contribution in [1.82, 2.24) is 10.2 Å². The molecule has 1 aliphatic heterocycles. The fraction of sp³-hybridized carbons (Fsp3) is 0.625. The first-order valence-electron chi connectivity index (χ1n) is 11.8. The van der Waals surface area contributed by atoms with Crippen molar-refractivity contribution in [3.8, 4) is 0 Å². The van der Waals surface area contributed by atoms with Crippen molar-refractivity contribution in [2.75, 3.05) is 11.9 Å². The molecule has 2 fully saturated rings. The van der Waals surface area contributed by atoms with Crippen LogP contribution in [-0.4, -0.2) is 46.8 Å². The molecule has 4 rings (SSSR count). The number of carbonyl (C=O) groups is 3. The van der Waals surface area contributed by atoms with E-state index in [9.17, 15) is 14.4 Å². The lowest BCUT2D eigenvalue weighted by atomic mass is 9.85. The van der Waals surface area contributed by atoms with Crippen molar-refractivity contribution in [3.05, 3.63) is 29.3 Å². The third-order valence-corrected chi connectivity index (χ3v) is 6.95. The van der Waals surface area contributed by atoms with Crippen molar-refractivity contribution in [2.45, 2.75) is 82.9 Å². The fourth-order valence-corrected chi connectivity index (χ4v) is 5.13. The molecule has 32 heavy (non-hydrogen) atoms. The van der Waals surface area contributed by atoms with Gasteiger partial charge in [0.25, 0.3) is 0 Å². The van der Waals surface area contributed by atoms with Crippen LogP contribution in [0.2, 0.25) is 0 Å². The quantitative estimate of drug-likeness (QED) is 0.630. The van der Waals surface area contributed by atoms with Gasteiger partial charge in [0.1, 0.15) is 6.10 Å². The average molecular weight is 444 g/mol. The largest absolute Gasteiger partial charge is 0.481 e. The normalized spacial score (nSPS) is 23.3. The van der Waals surface area contributed by atoms with Crippen molar-refractivity contribution in [3.63, 3.8) is 0 Å². The maximum absolute atomic E-state index is 12.7. The van der Waals surface area contributed by atoms with Crippen LogP contribution in [0.3, 0.4) is 0 Å². The molecule has 0 spiro atoms. The Morgan fingerprint density at radius 2 is 1.78 bits per heavy atom. The summed E-state index contributed by atoms with van der Waals surface area (Å²) in [5, 5.41) is 14.9. The minimum Gasteiger partial charge on any atom is -0.481 e. The Labute approximate surface area is 188 Å². The summed E-state index contributed by atoms with van der Waals surface area (Å²) >= 11 is 0. The topological polar surface area (TPSA) is 108 Å². The van der Waals surface area contributed by atoms with Crippen LogP contribution >= 0.6 is 0 Å². The standard InChI is InChI=1S/C24H33N3O5/c28-22(29)13-16-5-9-21(10-6-16)32-24(31)27-12-11-17-14-20(8-7-18(17)15-27)26-23(30)25-19-3-1-2-4-19/h7-8,14,16,19,21H,1-6,9-13,15H2,(H,28,29)(H2,25,26,30). The SMILES string of the molecule is O=C(O)CC1CCC(OC(=O)N2CCc3cc(NC(=O)NC4CCCC4)ccc3C2)CC1. The zero-order valence-electron chi connectivity index (χ0n) is 18.5. The Hall–Kier alpha value is -2.77. The number of nitrogens with one attached hydrogen (secondary N) is 2. The third-order valence-electron chi connectivity index (χ3n) is 6.95. The number of amides is 3. The predicted octanol–water partition coefficient (Wildman–Crippen LogP) is 4.28. The number of hydrogen-bond donors (Lipinski definition) is 3. The molecule has 0 radical (unpaired) electrons. The predicted molar refractivity (Wildman–Crippen MR) is 119 cm³/mol. The van der Waals surface area contributed by atoms with E-state index >= 15 is 0 Å². The molecule has 174 valence electrons. The van der Waals surface area contributed by atoms with Gasteiger partial charge in [-0.15, -0.1) is 0 Å². The van der Waals surface area contributed by atoms with Crippen LogP contribution in [0.1, 0.15) is 68.9 Å². The number of aliphatic carboxylic acids is 1. The molecule has 8 heteroatoms. The summed E-state index contributed by atoms with van der Waals surface area (Å²) in [6.07, 6.45) is 7.98. The summed E-state index contributed by atoms with van der Waals surface area (Å²) < 4.78 is 5.71.